The number of aromatic nitrogens is 1. The first-order valence-electron chi connectivity index (χ1n) is 5.30. The molecule has 6 heteroatoms. The van der Waals surface area contributed by atoms with E-state index >= 15 is 0 Å². The Bertz CT molecular complexity index is 580. The Balaban J connectivity index is 2.19. The van der Waals surface area contributed by atoms with Gasteiger partial charge in [-0.1, -0.05) is 12.2 Å². The lowest BCUT2D eigenvalue weighted by atomic mass is 10.1. The van der Waals surface area contributed by atoms with E-state index in [-0.39, 0.29) is 10.8 Å². The lowest BCUT2D eigenvalue weighted by Crippen LogP contribution is -2.13. The Morgan fingerprint density at radius 2 is 2.33 bits per heavy atom. The van der Waals surface area contributed by atoms with Crippen molar-refractivity contribution in [3.8, 4) is 0 Å². The smallest absolute Gasteiger partial charge is 0.124 e. The Kier molecular flexibility index (Phi) is 3.88. The van der Waals surface area contributed by atoms with Crippen molar-refractivity contribution < 1.29 is 4.39 Å². The van der Waals surface area contributed by atoms with Gasteiger partial charge in [0.25, 0.3) is 0 Å². The number of aryl methyl sites for hydroxylation is 1. The van der Waals surface area contributed by atoms with Gasteiger partial charge in [-0.05, 0) is 25.1 Å². The highest BCUT2D eigenvalue weighted by Gasteiger charge is 2.08. The summed E-state index contributed by atoms with van der Waals surface area (Å²) in [5, 5.41) is 3.20. The van der Waals surface area contributed by atoms with E-state index in [0.29, 0.717) is 12.1 Å². The van der Waals surface area contributed by atoms with Crippen molar-refractivity contribution in [2.24, 2.45) is 5.73 Å². The van der Waals surface area contributed by atoms with Crippen LogP contribution in [0.4, 0.5) is 10.1 Å². The van der Waals surface area contributed by atoms with Gasteiger partial charge in [0.2, 0.25) is 0 Å². The average molecular weight is 281 g/mol. The van der Waals surface area contributed by atoms with Crippen molar-refractivity contribution in [1.82, 2.24) is 4.98 Å². The summed E-state index contributed by atoms with van der Waals surface area (Å²) in [7, 11) is 0. The normalized spacial score (nSPS) is 10.3. The summed E-state index contributed by atoms with van der Waals surface area (Å²) in [6.07, 6.45) is 0. The van der Waals surface area contributed by atoms with Crippen molar-refractivity contribution >= 4 is 34.2 Å². The Morgan fingerprint density at radius 3 is 2.94 bits per heavy atom. The molecule has 1 aromatic heterocycles. The lowest BCUT2D eigenvalue weighted by Gasteiger charge is -2.10. The average Bonchev–Trinajstić information content (AvgIpc) is 2.73. The second-order valence-electron chi connectivity index (χ2n) is 3.77. The molecule has 0 saturated carbocycles. The summed E-state index contributed by atoms with van der Waals surface area (Å²) < 4.78 is 13.1. The van der Waals surface area contributed by atoms with Gasteiger partial charge in [0.15, 0.2) is 0 Å². The maximum Gasteiger partial charge on any atom is 0.124 e. The van der Waals surface area contributed by atoms with E-state index in [1.807, 2.05) is 6.92 Å². The van der Waals surface area contributed by atoms with Crippen LogP contribution in [0, 0.1) is 12.7 Å². The molecule has 0 aliphatic carbocycles. The molecular weight excluding hydrogens is 269 g/mol. The minimum Gasteiger partial charge on any atom is -0.389 e. The molecule has 0 radical (unpaired) electrons. The van der Waals surface area contributed by atoms with Crippen molar-refractivity contribution in [2.75, 3.05) is 5.32 Å². The van der Waals surface area contributed by atoms with E-state index in [4.69, 9.17) is 18.0 Å². The third-order valence-corrected chi connectivity index (χ3v) is 3.69. The van der Waals surface area contributed by atoms with Gasteiger partial charge in [0.1, 0.15) is 10.8 Å². The van der Waals surface area contributed by atoms with Gasteiger partial charge in [0, 0.05) is 16.1 Å². The predicted molar refractivity (Wildman–Crippen MR) is 76.5 cm³/mol. The molecule has 3 nitrogen and oxygen atoms in total. The molecule has 1 aromatic carbocycles. The van der Waals surface area contributed by atoms with Crippen LogP contribution in [0.25, 0.3) is 0 Å². The lowest BCUT2D eigenvalue weighted by molar-refractivity contribution is 0.627. The monoisotopic (exact) mass is 281 g/mol. The predicted octanol–water partition coefficient (Wildman–Crippen LogP) is 2.84. The van der Waals surface area contributed by atoms with Crippen molar-refractivity contribution in [3.05, 3.63) is 45.7 Å². The molecule has 94 valence electrons. The Labute approximate surface area is 114 Å². The van der Waals surface area contributed by atoms with Gasteiger partial charge in [0.05, 0.1) is 17.7 Å². The third kappa shape index (κ3) is 2.83. The Morgan fingerprint density at radius 1 is 1.56 bits per heavy atom. The van der Waals surface area contributed by atoms with Crippen LogP contribution >= 0.6 is 23.6 Å². The zero-order chi connectivity index (χ0) is 13.1. The number of nitrogens with one attached hydrogen (secondary N) is 1. The summed E-state index contributed by atoms with van der Waals surface area (Å²) in [4.78, 5) is 5.48. The zero-order valence-electron chi connectivity index (χ0n) is 9.74. The molecule has 0 spiro atoms. The molecule has 0 saturated heterocycles. The van der Waals surface area contributed by atoms with Gasteiger partial charge >= 0.3 is 0 Å². The number of nitrogens with zero attached hydrogens (tertiary/aromatic N) is 1. The van der Waals surface area contributed by atoms with Crippen LogP contribution in [0.1, 0.15) is 16.1 Å². The van der Waals surface area contributed by atoms with Crippen molar-refractivity contribution in [1.29, 1.82) is 0 Å². The largest absolute Gasteiger partial charge is 0.389 e. The fourth-order valence-electron chi connectivity index (χ4n) is 1.55. The summed E-state index contributed by atoms with van der Waals surface area (Å²) in [5.41, 5.74) is 9.62. The number of anilines is 1. The fraction of sp³-hybridized carbons (Fsp3) is 0.167. The molecule has 2 rings (SSSR count). The number of thiazole rings is 1. The molecule has 0 bridgehead atoms. The van der Waals surface area contributed by atoms with E-state index in [1.165, 1.54) is 12.1 Å². The molecule has 18 heavy (non-hydrogen) atoms. The van der Waals surface area contributed by atoms with Crippen LogP contribution in [-0.4, -0.2) is 9.97 Å². The third-order valence-electron chi connectivity index (χ3n) is 2.53. The van der Waals surface area contributed by atoms with Gasteiger partial charge in [-0.15, -0.1) is 11.3 Å². The first-order chi connectivity index (χ1) is 8.58. The van der Waals surface area contributed by atoms with E-state index in [0.717, 1.165) is 16.3 Å². The molecule has 2 aromatic rings. The molecule has 1 heterocycles. The first kappa shape index (κ1) is 12.9. The maximum absolute atomic E-state index is 13.1. The van der Waals surface area contributed by atoms with Crippen LogP contribution < -0.4 is 11.1 Å². The fourth-order valence-corrected chi connectivity index (χ4v) is 2.43. The molecule has 0 unspecified atom stereocenters. The summed E-state index contributed by atoms with van der Waals surface area (Å²) in [6, 6.07) is 4.36. The number of benzene rings is 1. The van der Waals surface area contributed by atoms with Gasteiger partial charge in [-0.25, -0.2) is 9.37 Å². The first-order valence-corrected chi connectivity index (χ1v) is 6.59. The summed E-state index contributed by atoms with van der Waals surface area (Å²) >= 11 is 6.48. The number of hydrogen-bond donors (Lipinski definition) is 2. The minimum absolute atomic E-state index is 0.179. The van der Waals surface area contributed by atoms with Crippen LogP contribution in [-0.2, 0) is 6.54 Å². The van der Waals surface area contributed by atoms with Gasteiger partial charge in [-0.2, -0.15) is 0 Å². The number of hydrogen-bond acceptors (Lipinski definition) is 4. The van der Waals surface area contributed by atoms with E-state index < -0.39 is 0 Å². The van der Waals surface area contributed by atoms with Crippen LogP contribution in [0.5, 0.6) is 0 Å². The highest BCUT2D eigenvalue weighted by atomic mass is 32.1. The summed E-state index contributed by atoms with van der Waals surface area (Å²) in [6.45, 7) is 2.57. The van der Waals surface area contributed by atoms with E-state index in [9.17, 15) is 4.39 Å². The topological polar surface area (TPSA) is 50.9 Å². The van der Waals surface area contributed by atoms with E-state index in [2.05, 4.69) is 10.3 Å². The second-order valence-corrected chi connectivity index (χ2v) is 5.15. The maximum atomic E-state index is 13.1. The molecule has 3 N–H and O–H groups in total. The standard InChI is InChI=1S/C12H12FN3S2/c1-7-11(18-6-16-7)5-15-10-3-2-8(13)4-9(10)12(14)17/h2-4,6,15H,5H2,1H3,(H2,14,17). The van der Waals surface area contributed by atoms with Crippen LogP contribution in [0.2, 0.25) is 0 Å². The number of halogens is 1. The minimum atomic E-state index is -0.350. The number of nitrogens with two attached hydrogens (primary N) is 1. The second kappa shape index (κ2) is 5.41. The molecule has 0 fully saturated rings. The van der Waals surface area contributed by atoms with Gasteiger partial charge in [-0.3, -0.25) is 0 Å². The van der Waals surface area contributed by atoms with Crippen LogP contribution in [0.3, 0.4) is 0 Å². The van der Waals surface area contributed by atoms with E-state index in [1.54, 1.807) is 22.9 Å². The molecule has 0 amide bonds. The van der Waals surface area contributed by atoms with Gasteiger partial charge < -0.3 is 11.1 Å². The Hall–Kier alpha value is -1.53. The highest BCUT2D eigenvalue weighted by Crippen LogP contribution is 2.20. The SMILES string of the molecule is Cc1ncsc1CNc1ccc(F)cc1C(N)=S. The number of rotatable bonds is 4. The van der Waals surface area contributed by atoms with Crippen LogP contribution in [0.15, 0.2) is 23.7 Å². The molecule has 0 aliphatic heterocycles. The zero-order valence-corrected chi connectivity index (χ0v) is 11.4. The van der Waals surface area contributed by atoms with Crippen molar-refractivity contribution in [2.45, 2.75) is 13.5 Å². The molecule has 0 aliphatic rings. The van der Waals surface area contributed by atoms with Crippen molar-refractivity contribution in [3.63, 3.8) is 0 Å². The highest BCUT2D eigenvalue weighted by molar-refractivity contribution is 7.80. The molecule has 0 atom stereocenters. The number of thiocarbonyl (C=S) groups is 1. The summed E-state index contributed by atoms with van der Waals surface area (Å²) in [5.74, 6) is -0.350. The molecular formula is C12H12FN3S2. The quantitative estimate of drug-likeness (QED) is 0.846.